The van der Waals surface area contributed by atoms with E-state index in [0.717, 1.165) is 62.5 Å². The molecule has 0 radical (unpaired) electrons. The number of nitrogens with zero attached hydrogens (tertiary/aromatic N) is 2. The average Bonchev–Trinajstić information content (AvgIpc) is 3.32. The first-order chi connectivity index (χ1) is 15.3. The molecule has 1 saturated heterocycles. The first kappa shape index (κ1) is 22.7. The minimum Gasteiger partial charge on any atom is -0.465 e. The summed E-state index contributed by atoms with van der Waals surface area (Å²) in [6.07, 6.45) is 2.32. The molecule has 32 heavy (non-hydrogen) atoms. The lowest BCUT2D eigenvalue weighted by Crippen LogP contribution is -2.22. The third kappa shape index (κ3) is 5.39. The predicted octanol–water partition coefficient (Wildman–Crippen LogP) is 3.09. The number of methoxy groups -OCH3 is 1. The number of benzene rings is 2. The second kappa shape index (κ2) is 9.90. The zero-order chi connectivity index (χ0) is 23.3. The monoisotopic (exact) mass is 441 g/mol. The van der Waals surface area contributed by atoms with E-state index >= 15 is 0 Å². The molecule has 0 aromatic heterocycles. The maximum Gasteiger partial charge on any atom is 0.338 e. The van der Waals surface area contributed by atoms with Crippen molar-refractivity contribution in [1.29, 1.82) is 0 Å². The van der Waals surface area contributed by atoms with E-state index in [-0.39, 0.29) is 11.1 Å². The molecule has 2 aromatic rings. The van der Waals surface area contributed by atoms with Crippen LogP contribution in [0.2, 0.25) is 0 Å². The Kier molecular flexibility index (Phi) is 7.04. The van der Waals surface area contributed by atoms with Crippen molar-refractivity contribution in [2.45, 2.75) is 19.8 Å². The molecule has 1 aliphatic heterocycles. The number of esters is 2. The summed E-state index contributed by atoms with van der Waals surface area (Å²) in [7, 11) is 1.11. The highest BCUT2D eigenvalue weighted by atomic mass is 16.6. The van der Waals surface area contributed by atoms with Crippen LogP contribution in [0.5, 0.6) is 0 Å². The number of nitro groups is 1. The van der Waals surface area contributed by atoms with Crippen LogP contribution in [0.3, 0.4) is 0 Å². The zero-order valence-corrected chi connectivity index (χ0v) is 17.8. The summed E-state index contributed by atoms with van der Waals surface area (Å²) in [6, 6.07) is 8.78. The van der Waals surface area contributed by atoms with E-state index in [9.17, 15) is 24.5 Å². The van der Waals surface area contributed by atoms with Crippen molar-refractivity contribution in [3.63, 3.8) is 0 Å². The second-order valence-corrected chi connectivity index (χ2v) is 7.33. The van der Waals surface area contributed by atoms with Gasteiger partial charge in [0, 0.05) is 36.6 Å². The van der Waals surface area contributed by atoms with Gasteiger partial charge in [-0.2, -0.15) is 0 Å². The smallest absolute Gasteiger partial charge is 0.338 e. The molecule has 1 fully saturated rings. The summed E-state index contributed by atoms with van der Waals surface area (Å²) in [6.45, 7) is 3.30. The van der Waals surface area contributed by atoms with Crippen molar-refractivity contribution in [2.75, 3.05) is 37.0 Å². The number of hydrogen-bond donors (Lipinski definition) is 1. The molecule has 168 valence electrons. The summed E-state index contributed by atoms with van der Waals surface area (Å²) in [4.78, 5) is 48.9. The van der Waals surface area contributed by atoms with Gasteiger partial charge in [-0.15, -0.1) is 0 Å². The number of ether oxygens (including phenoxy) is 2. The zero-order valence-electron chi connectivity index (χ0n) is 17.8. The van der Waals surface area contributed by atoms with E-state index in [1.54, 1.807) is 6.07 Å². The van der Waals surface area contributed by atoms with E-state index < -0.39 is 35.1 Å². The molecule has 0 bridgehead atoms. The van der Waals surface area contributed by atoms with Crippen molar-refractivity contribution in [3.8, 4) is 0 Å². The van der Waals surface area contributed by atoms with Crippen molar-refractivity contribution in [1.82, 2.24) is 0 Å². The van der Waals surface area contributed by atoms with E-state index in [2.05, 4.69) is 15.0 Å². The van der Waals surface area contributed by atoms with Crippen molar-refractivity contribution in [3.05, 3.63) is 63.2 Å². The summed E-state index contributed by atoms with van der Waals surface area (Å²) in [5.74, 6) is -2.38. The first-order valence-electron chi connectivity index (χ1n) is 9.99. The highest BCUT2D eigenvalue weighted by molar-refractivity contribution is 5.98. The molecule has 2 aromatic carbocycles. The molecule has 10 heteroatoms. The number of rotatable bonds is 7. The molecule has 1 aliphatic rings. The highest BCUT2D eigenvalue weighted by Gasteiger charge is 2.20. The normalized spacial score (nSPS) is 12.9. The number of aryl methyl sites for hydroxylation is 1. The van der Waals surface area contributed by atoms with Crippen molar-refractivity contribution in [2.24, 2.45) is 0 Å². The number of amides is 1. The lowest BCUT2D eigenvalue weighted by atomic mass is 10.1. The Bertz CT molecular complexity index is 1060. The third-order valence-corrected chi connectivity index (χ3v) is 5.08. The molecule has 0 unspecified atom stereocenters. The molecular formula is C22H23N3O7. The maximum atomic E-state index is 12.3. The first-order valence-corrected chi connectivity index (χ1v) is 9.99. The standard InChI is InChI=1S/C22H23N3O7/c1-14-9-17(24-7-3-4-8-24)5-6-19(14)23-20(26)13-32-22(28)16-10-15(21(27)31-2)11-18(12-16)25(29)30/h5-6,9-12H,3-4,7-8,13H2,1-2H3,(H,23,26). The Balaban J connectivity index is 1.63. The predicted molar refractivity (Wildman–Crippen MR) is 116 cm³/mol. The Labute approximate surface area is 184 Å². The van der Waals surface area contributed by atoms with Crippen LogP contribution in [-0.4, -0.2) is 49.6 Å². The topological polar surface area (TPSA) is 128 Å². The molecule has 0 saturated carbocycles. The van der Waals surface area contributed by atoms with E-state index in [1.165, 1.54) is 0 Å². The Morgan fingerprint density at radius 3 is 2.31 bits per heavy atom. The Hall–Kier alpha value is -3.95. The average molecular weight is 441 g/mol. The van der Waals surface area contributed by atoms with Gasteiger partial charge in [0.1, 0.15) is 0 Å². The van der Waals surface area contributed by atoms with Crippen molar-refractivity contribution < 1.29 is 28.8 Å². The summed E-state index contributed by atoms with van der Waals surface area (Å²) in [5.41, 5.74) is 1.67. The molecule has 0 atom stereocenters. The quantitative estimate of drug-likeness (QED) is 0.394. The van der Waals surface area contributed by atoms with Crippen LogP contribution >= 0.6 is 0 Å². The van der Waals surface area contributed by atoms with Gasteiger partial charge < -0.3 is 19.7 Å². The molecule has 1 heterocycles. The van der Waals surface area contributed by atoms with Gasteiger partial charge in [0.05, 0.1) is 23.2 Å². The molecule has 0 aliphatic carbocycles. The maximum absolute atomic E-state index is 12.3. The molecule has 1 amide bonds. The number of anilines is 2. The number of carbonyl (C=O) groups is 3. The van der Waals surface area contributed by atoms with Crippen LogP contribution in [0, 0.1) is 17.0 Å². The van der Waals surface area contributed by atoms with Gasteiger partial charge in [-0.3, -0.25) is 14.9 Å². The summed E-state index contributed by atoms with van der Waals surface area (Å²) in [5, 5.41) is 13.8. The third-order valence-electron chi connectivity index (χ3n) is 5.08. The Morgan fingerprint density at radius 1 is 1.06 bits per heavy atom. The number of nitro benzene ring substituents is 1. The molecule has 3 rings (SSSR count). The summed E-state index contributed by atoms with van der Waals surface area (Å²) >= 11 is 0. The van der Waals surface area contributed by atoms with Crippen molar-refractivity contribution >= 4 is 34.9 Å². The van der Waals surface area contributed by atoms with Gasteiger partial charge in [-0.05, 0) is 49.6 Å². The molecule has 10 nitrogen and oxygen atoms in total. The van der Waals surface area contributed by atoms with Gasteiger partial charge in [-0.1, -0.05) is 0 Å². The van der Waals surface area contributed by atoms with Gasteiger partial charge >= 0.3 is 11.9 Å². The fraction of sp³-hybridized carbons (Fsp3) is 0.318. The SMILES string of the molecule is COC(=O)c1cc(C(=O)OCC(=O)Nc2ccc(N3CCCC3)cc2C)cc([N+](=O)[O-])c1. The van der Waals surface area contributed by atoms with Crippen LogP contribution in [0.25, 0.3) is 0 Å². The second-order valence-electron chi connectivity index (χ2n) is 7.33. The van der Waals surface area contributed by atoms with Crippen LogP contribution in [-0.2, 0) is 14.3 Å². The van der Waals surface area contributed by atoms with Gasteiger partial charge in [-0.25, -0.2) is 9.59 Å². The van der Waals surface area contributed by atoms with Crippen LogP contribution < -0.4 is 10.2 Å². The Morgan fingerprint density at radius 2 is 1.72 bits per heavy atom. The lowest BCUT2D eigenvalue weighted by molar-refractivity contribution is -0.384. The number of nitrogens with one attached hydrogen (secondary N) is 1. The van der Waals surface area contributed by atoms with Gasteiger partial charge in [0.25, 0.3) is 11.6 Å². The fourth-order valence-electron chi connectivity index (χ4n) is 3.43. The van der Waals surface area contributed by atoms with E-state index in [0.29, 0.717) is 5.69 Å². The van der Waals surface area contributed by atoms with Crippen LogP contribution in [0.1, 0.15) is 39.1 Å². The van der Waals surface area contributed by atoms with Gasteiger partial charge in [0.15, 0.2) is 6.61 Å². The molecular weight excluding hydrogens is 418 g/mol. The highest BCUT2D eigenvalue weighted by Crippen LogP contribution is 2.25. The van der Waals surface area contributed by atoms with Crippen LogP contribution in [0.4, 0.5) is 17.1 Å². The number of carbonyl (C=O) groups excluding carboxylic acids is 3. The largest absolute Gasteiger partial charge is 0.465 e. The van der Waals surface area contributed by atoms with Crippen LogP contribution in [0.15, 0.2) is 36.4 Å². The minimum atomic E-state index is -0.977. The van der Waals surface area contributed by atoms with E-state index in [4.69, 9.17) is 4.74 Å². The minimum absolute atomic E-state index is 0.174. The number of non-ortho nitro benzene ring substituents is 1. The molecule has 1 N–H and O–H groups in total. The fourth-order valence-corrected chi connectivity index (χ4v) is 3.43. The summed E-state index contributed by atoms with van der Waals surface area (Å²) < 4.78 is 9.52. The number of hydrogen-bond acceptors (Lipinski definition) is 8. The van der Waals surface area contributed by atoms with Gasteiger partial charge in [0.2, 0.25) is 0 Å². The lowest BCUT2D eigenvalue weighted by Gasteiger charge is -2.19. The molecule has 0 spiro atoms. The van der Waals surface area contributed by atoms with E-state index in [1.807, 2.05) is 19.1 Å².